The summed E-state index contributed by atoms with van der Waals surface area (Å²) in [5.74, 6) is 2.64. The lowest BCUT2D eigenvalue weighted by Gasteiger charge is -2.22. The molecule has 2 rings (SSSR count). The van der Waals surface area contributed by atoms with E-state index in [1.807, 2.05) is 6.92 Å². The summed E-state index contributed by atoms with van der Waals surface area (Å²) >= 11 is 0. The quantitative estimate of drug-likeness (QED) is 0.855. The highest BCUT2D eigenvalue weighted by Gasteiger charge is 2.28. The Morgan fingerprint density at radius 2 is 1.95 bits per heavy atom. The topological polar surface area (TPSA) is 59.1 Å². The number of nitrogens with one attached hydrogen (secondary N) is 2. The Morgan fingerprint density at radius 1 is 1.21 bits per heavy atom. The molecular weight excluding hydrogens is 240 g/mol. The molecule has 5 heteroatoms. The Bertz CT molecular complexity index is 436. The first-order valence-electron chi connectivity index (χ1n) is 7.04. The van der Waals surface area contributed by atoms with Gasteiger partial charge in [-0.2, -0.15) is 0 Å². The molecule has 0 spiro atoms. The lowest BCUT2D eigenvalue weighted by Crippen LogP contribution is -2.30. The highest BCUT2D eigenvalue weighted by atomic mass is 16.5. The first kappa shape index (κ1) is 14.1. The third kappa shape index (κ3) is 3.15. The lowest BCUT2D eigenvalue weighted by molar-refractivity contribution is 0.101. The van der Waals surface area contributed by atoms with Crippen molar-refractivity contribution in [2.45, 2.75) is 52.2 Å². The number of rotatable bonds is 5. The van der Waals surface area contributed by atoms with E-state index in [2.05, 4.69) is 34.4 Å². The average molecular weight is 264 g/mol. The highest BCUT2D eigenvalue weighted by molar-refractivity contribution is 5.57. The van der Waals surface area contributed by atoms with Crippen LogP contribution in [0, 0.1) is 13.8 Å². The van der Waals surface area contributed by atoms with E-state index in [-0.39, 0.29) is 6.10 Å². The number of hydrogen-bond donors (Lipinski definition) is 2. The van der Waals surface area contributed by atoms with Crippen LogP contribution in [0.3, 0.4) is 0 Å². The smallest absolute Gasteiger partial charge is 0.135 e. The van der Waals surface area contributed by atoms with Gasteiger partial charge in [-0.15, -0.1) is 0 Å². The van der Waals surface area contributed by atoms with Crippen LogP contribution in [0.4, 0.5) is 11.6 Å². The summed E-state index contributed by atoms with van der Waals surface area (Å²) in [5, 5.41) is 6.82. The second-order valence-corrected chi connectivity index (χ2v) is 5.08. The predicted octanol–water partition coefficient (Wildman–Crippen LogP) is 2.50. The minimum atomic E-state index is 0.289. The van der Waals surface area contributed by atoms with Crippen LogP contribution in [0.1, 0.15) is 37.6 Å². The molecule has 1 fully saturated rings. The van der Waals surface area contributed by atoms with Gasteiger partial charge in [-0.3, -0.25) is 0 Å². The van der Waals surface area contributed by atoms with Crippen LogP contribution in [0.15, 0.2) is 0 Å². The molecule has 0 aliphatic heterocycles. The molecule has 1 heterocycles. The SMILES string of the molecule is CCNc1nc(C)nc(NC2CCCC2OC)c1C. The standard InChI is InChI=1S/C14H24N4O/c1-5-15-13-9(2)14(17-10(3)16-13)18-11-7-6-8-12(11)19-4/h11-12H,5-8H2,1-4H3,(H2,15,16,17,18). The summed E-state index contributed by atoms with van der Waals surface area (Å²) in [4.78, 5) is 8.97. The summed E-state index contributed by atoms with van der Waals surface area (Å²) < 4.78 is 5.52. The summed E-state index contributed by atoms with van der Waals surface area (Å²) in [6.45, 7) is 6.91. The maximum Gasteiger partial charge on any atom is 0.135 e. The van der Waals surface area contributed by atoms with Gasteiger partial charge in [-0.25, -0.2) is 9.97 Å². The van der Waals surface area contributed by atoms with Crippen molar-refractivity contribution in [2.24, 2.45) is 0 Å². The van der Waals surface area contributed by atoms with Crippen molar-refractivity contribution >= 4 is 11.6 Å². The second kappa shape index (κ2) is 6.19. The van der Waals surface area contributed by atoms with Gasteiger partial charge in [0, 0.05) is 19.2 Å². The Kier molecular flexibility index (Phi) is 4.58. The summed E-state index contributed by atoms with van der Waals surface area (Å²) in [6, 6.07) is 0.354. The number of aromatic nitrogens is 2. The van der Waals surface area contributed by atoms with Crippen molar-refractivity contribution in [1.82, 2.24) is 9.97 Å². The molecule has 1 aliphatic carbocycles. The van der Waals surface area contributed by atoms with Crippen LogP contribution in [0.5, 0.6) is 0 Å². The molecule has 2 N–H and O–H groups in total. The number of ether oxygens (including phenoxy) is 1. The van der Waals surface area contributed by atoms with E-state index in [4.69, 9.17) is 4.74 Å². The largest absolute Gasteiger partial charge is 0.379 e. The zero-order valence-corrected chi connectivity index (χ0v) is 12.3. The fraction of sp³-hybridized carbons (Fsp3) is 0.714. The van der Waals surface area contributed by atoms with Crippen molar-refractivity contribution in [3.05, 3.63) is 11.4 Å². The molecule has 106 valence electrons. The molecule has 19 heavy (non-hydrogen) atoms. The molecule has 1 saturated carbocycles. The first-order valence-corrected chi connectivity index (χ1v) is 7.04. The summed E-state index contributed by atoms with van der Waals surface area (Å²) in [6.07, 6.45) is 3.76. The van der Waals surface area contributed by atoms with E-state index in [1.54, 1.807) is 7.11 Å². The number of anilines is 2. The van der Waals surface area contributed by atoms with Crippen molar-refractivity contribution in [1.29, 1.82) is 0 Å². The van der Waals surface area contributed by atoms with Gasteiger partial charge < -0.3 is 15.4 Å². The van der Waals surface area contributed by atoms with Crippen LogP contribution in [0.25, 0.3) is 0 Å². The van der Waals surface area contributed by atoms with E-state index in [1.165, 1.54) is 6.42 Å². The fourth-order valence-electron chi connectivity index (χ4n) is 2.66. The number of methoxy groups -OCH3 is 1. The number of hydrogen-bond acceptors (Lipinski definition) is 5. The van der Waals surface area contributed by atoms with E-state index in [9.17, 15) is 0 Å². The van der Waals surface area contributed by atoms with Crippen LogP contribution < -0.4 is 10.6 Å². The third-order valence-electron chi connectivity index (χ3n) is 3.68. The van der Waals surface area contributed by atoms with Crippen molar-refractivity contribution in [3.8, 4) is 0 Å². The molecule has 1 aliphatic rings. The Morgan fingerprint density at radius 3 is 2.63 bits per heavy atom. The van der Waals surface area contributed by atoms with E-state index < -0.39 is 0 Å². The van der Waals surface area contributed by atoms with Crippen LogP contribution >= 0.6 is 0 Å². The van der Waals surface area contributed by atoms with Crippen LogP contribution in [0.2, 0.25) is 0 Å². The van der Waals surface area contributed by atoms with Gasteiger partial charge in [0.05, 0.1) is 12.1 Å². The predicted molar refractivity (Wildman–Crippen MR) is 77.7 cm³/mol. The fourth-order valence-corrected chi connectivity index (χ4v) is 2.66. The molecule has 0 amide bonds. The Hall–Kier alpha value is -1.36. The molecule has 0 aromatic carbocycles. The molecular formula is C14H24N4O. The zero-order valence-electron chi connectivity index (χ0n) is 12.3. The normalized spacial score (nSPS) is 22.5. The van der Waals surface area contributed by atoms with E-state index >= 15 is 0 Å². The highest BCUT2D eigenvalue weighted by Crippen LogP contribution is 2.27. The van der Waals surface area contributed by atoms with Gasteiger partial charge in [0.15, 0.2) is 0 Å². The van der Waals surface area contributed by atoms with E-state index in [0.29, 0.717) is 6.04 Å². The van der Waals surface area contributed by atoms with Crippen molar-refractivity contribution < 1.29 is 4.74 Å². The minimum absolute atomic E-state index is 0.289. The maximum atomic E-state index is 5.52. The molecule has 1 aromatic rings. The number of nitrogens with zero attached hydrogens (tertiary/aromatic N) is 2. The van der Waals surface area contributed by atoms with Crippen molar-refractivity contribution in [3.63, 3.8) is 0 Å². The van der Waals surface area contributed by atoms with Gasteiger partial charge in [0.1, 0.15) is 17.5 Å². The summed E-state index contributed by atoms with van der Waals surface area (Å²) in [5.41, 5.74) is 1.08. The molecule has 2 unspecified atom stereocenters. The van der Waals surface area contributed by atoms with Gasteiger partial charge >= 0.3 is 0 Å². The minimum Gasteiger partial charge on any atom is -0.379 e. The zero-order chi connectivity index (χ0) is 13.8. The van der Waals surface area contributed by atoms with Gasteiger partial charge in [0.2, 0.25) is 0 Å². The van der Waals surface area contributed by atoms with Crippen LogP contribution in [-0.2, 0) is 4.74 Å². The van der Waals surface area contributed by atoms with Crippen molar-refractivity contribution in [2.75, 3.05) is 24.3 Å². The molecule has 5 nitrogen and oxygen atoms in total. The Labute approximate surface area is 115 Å². The molecule has 0 radical (unpaired) electrons. The number of aryl methyl sites for hydroxylation is 1. The summed E-state index contributed by atoms with van der Waals surface area (Å²) in [7, 11) is 1.78. The molecule has 0 bridgehead atoms. The average Bonchev–Trinajstić information content (AvgIpc) is 2.82. The molecule has 1 aromatic heterocycles. The maximum absolute atomic E-state index is 5.52. The molecule has 0 saturated heterocycles. The lowest BCUT2D eigenvalue weighted by atomic mass is 10.2. The second-order valence-electron chi connectivity index (χ2n) is 5.08. The Balaban J connectivity index is 2.19. The molecule has 2 atom stereocenters. The van der Waals surface area contributed by atoms with Gasteiger partial charge in [0.25, 0.3) is 0 Å². The van der Waals surface area contributed by atoms with Gasteiger partial charge in [-0.05, 0) is 40.0 Å². The van der Waals surface area contributed by atoms with E-state index in [0.717, 1.165) is 42.4 Å². The monoisotopic (exact) mass is 264 g/mol. The van der Waals surface area contributed by atoms with Gasteiger partial charge in [-0.1, -0.05) is 0 Å². The third-order valence-corrected chi connectivity index (χ3v) is 3.68. The first-order chi connectivity index (χ1) is 9.15. The van der Waals surface area contributed by atoms with Crippen LogP contribution in [-0.4, -0.2) is 35.8 Å².